The first-order valence-electron chi connectivity index (χ1n) is 5.25. The molecule has 0 radical (unpaired) electrons. The molecule has 8 atom stereocenters. The van der Waals surface area contributed by atoms with Crippen molar-refractivity contribution in [1.82, 2.24) is 0 Å². The molecule has 8 unspecified atom stereocenters. The van der Waals surface area contributed by atoms with E-state index in [9.17, 15) is 0 Å². The molecule has 0 aliphatic heterocycles. The normalized spacial score (nSPS) is 78.6. The van der Waals surface area contributed by atoms with E-state index in [0.29, 0.717) is 0 Å². The summed E-state index contributed by atoms with van der Waals surface area (Å²) in [5, 5.41) is 0. The van der Waals surface area contributed by atoms with Gasteiger partial charge in [-0.05, 0) is 58.2 Å². The van der Waals surface area contributed by atoms with Crippen LogP contribution in [0.3, 0.4) is 0 Å². The van der Waals surface area contributed by atoms with Gasteiger partial charge in [-0.15, -0.1) is 0 Å². The predicted molar refractivity (Wildman–Crippen MR) is 49.5 cm³/mol. The van der Waals surface area contributed by atoms with Crippen molar-refractivity contribution in [3.8, 4) is 0 Å². The van der Waals surface area contributed by atoms with Gasteiger partial charge in [0.25, 0.3) is 0 Å². The van der Waals surface area contributed by atoms with Crippen molar-refractivity contribution in [1.29, 1.82) is 0 Å². The Labute approximate surface area is 80.5 Å². The second-order valence-electron chi connectivity index (χ2n) is 5.53. The van der Waals surface area contributed by atoms with Crippen LogP contribution in [0.15, 0.2) is 10.6 Å². The van der Waals surface area contributed by atoms with Gasteiger partial charge in [-0.25, -0.2) is 0 Å². The van der Waals surface area contributed by atoms with Crippen molar-refractivity contribution in [2.24, 2.45) is 47.3 Å². The second-order valence-corrected chi connectivity index (χ2v) is 6.44. The van der Waals surface area contributed by atoms with Crippen LogP contribution >= 0.6 is 15.9 Å². The lowest BCUT2D eigenvalue weighted by atomic mass is 9.32. The summed E-state index contributed by atoms with van der Waals surface area (Å²) < 4.78 is 1.59. The first kappa shape index (κ1) is 5.85. The minimum Gasteiger partial charge on any atom is -0.0704 e. The van der Waals surface area contributed by atoms with Crippen LogP contribution in [0.1, 0.15) is 6.42 Å². The van der Waals surface area contributed by atoms with Crippen molar-refractivity contribution < 1.29 is 0 Å². The molecule has 4 fully saturated rings. The first-order valence-corrected chi connectivity index (χ1v) is 6.04. The van der Waals surface area contributed by atoms with E-state index in [-0.39, 0.29) is 0 Å². The van der Waals surface area contributed by atoms with Crippen molar-refractivity contribution in [3.05, 3.63) is 10.6 Å². The van der Waals surface area contributed by atoms with E-state index in [4.69, 9.17) is 0 Å². The standard InChI is InChI=1S/C11H11Br/c12-6-2-5-7-3-1-4-9(7)11(5)10(4)8(3)6/h2-5,7-11H,1H2. The summed E-state index contributed by atoms with van der Waals surface area (Å²) in [6, 6.07) is 0. The maximum absolute atomic E-state index is 3.79. The van der Waals surface area contributed by atoms with E-state index < -0.39 is 0 Å². The summed E-state index contributed by atoms with van der Waals surface area (Å²) in [6.45, 7) is 0. The van der Waals surface area contributed by atoms with Crippen LogP contribution in [0, 0.1) is 47.3 Å². The highest BCUT2D eigenvalue weighted by atomic mass is 79.9. The van der Waals surface area contributed by atoms with Gasteiger partial charge in [0.15, 0.2) is 0 Å². The molecule has 0 heterocycles. The summed E-state index contributed by atoms with van der Waals surface area (Å²) in [5.41, 5.74) is 0. The molecule has 0 nitrogen and oxygen atoms in total. The number of hydrogen-bond donors (Lipinski definition) is 0. The summed E-state index contributed by atoms with van der Waals surface area (Å²) in [7, 11) is 0. The van der Waals surface area contributed by atoms with Gasteiger partial charge in [0.05, 0.1) is 0 Å². The molecule has 6 aliphatic rings. The highest BCUT2D eigenvalue weighted by Gasteiger charge is 2.80. The molecule has 0 aromatic carbocycles. The van der Waals surface area contributed by atoms with E-state index in [1.807, 2.05) is 0 Å². The van der Waals surface area contributed by atoms with E-state index in [0.717, 1.165) is 29.6 Å². The van der Waals surface area contributed by atoms with Gasteiger partial charge in [-0.2, -0.15) is 0 Å². The lowest BCUT2D eigenvalue weighted by Crippen LogP contribution is -2.69. The molecule has 62 valence electrons. The summed E-state index contributed by atoms with van der Waals surface area (Å²) in [6.07, 6.45) is 4.16. The van der Waals surface area contributed by atoms with Gasteiger partial charge in [0.2, 0.25) is 0 Å². The number of allylic oxidation sites excluding steroid dienone is 2. The topological polar surface area (TPSA) is 0 Å². The molecule has 6 aliphatic carbocycles. The van der Waals surface area contributed by atoms with E-state index >= 15 is 0 Å². The van der Waals surface area contributed by atoms with Gasteiger partial charge in [-0.1, -0.05) is 22.0 Å². The summed E-state index contributed by atoms with van der Waals surface area (Å²) in [4.78, 5) is 0. The van der Waals surface area contributed by atoms with E-state index in [1.54, 1.807) is 10.9 Å². The fraction of sp³-hybridized carbons (Fsp3) is 0.818. The Morgan fingerprint density at radius 1 is 1.08 bits per heavy atom. The van der Waals surface area contributed by atoms with Gasteiger partial charge in [0, 0.05) is 0 Å². The molecular formula is C11H11Br. The van der Waals surface area contributed by atoms with Gasteiger partial charge < -0.3 is 0 Å². The third-order valence-corrected chi connectivity index (χ3v) is 6.59. The molecule has 0 amide bonds. The Bertz CT molecular complexity index is 330. The van der Waals surface area contributed by atoms with Crippen molar-refractivity contribution in [2.75, 3.05) is 0 Å². The number of halogens is 1. The average Bonchev–Trinajstić information content (AvgIpc) is 2.45. The van der Waals surface area contributed by atoms with Crippen molar-refractivity contribution in [3.63, 3.8) is 0 Å². The molecule has 4 saturated carbocycles. The Morgan fingerprint density at radius 2 is 2.00 bits per heavy atom. The van der Waals surface area contributed by atoms with Crippen molar-refractivity contribution in [2.45, 2.75) is 6.42 Å². The maximum Gasteiger partial charge on any atom is -0.00333 e. The lowest BCUT2D eigenvalue weighted by Gasteiger charge is -2.72. The van der Waals surface area contributed by atoms with Crippen LogP contribution in [0.5, 0.6) is 0 Å². The quantitative estimate of drug-likeness (QED) is 0.592. The second kappa shape index (κ2) is 1.37. The smallest absolute Gasteiger partial charge is 0.00333 e. The molecule has 6 rings (SSSR count). The van der Waals surface area contributed by atoms with Gasteiger partial charge >= 0.3 is 0 Å². The Morgan fingerprint density at radius 3 is 2.75 bits per heavy atom. The minimum absolute atomic E-state index is 1.000. The van der Waals surface area contributed by atoms with Crippen LogP contribution < -0.4 is 0 Å². The first-order chi connectivity index (χ1) is 5.88. The third kappa shape index (κ3) is 0.319. The van der Waals surface area contributed by atoms with E-state index in [2.05, 4.69) is 22.0 Å². The largest absolute Gasteiger partial charge is 0.0704 e. The molecule has 0 aromatic rings. The van der Waals surface area contributed by atoms with Crippen LogP contribution in [-0.4, -0.2) is 0 Å². The van der Waals surface area contributed by atoms with Crippen molar-refractivity contribution >= 4 is 15.9 Å². The maximum atomic E-state index is 3.79. The third-order valence-electron chi connectivity index (χ3n) is 5.80. The van der Waals surface area contributed by atoms with Gasteiger partial charge in [-0.3, -0.25) is 0 Å². The summed E-state index contributed by atoms with van der Waals surface area (Å²) >= 11 is 3.79. The summed E-state index contributed by atoms with van der Waals surface area (Å²) in [5.74, 6) is 9.05. The highest BCUT2D eigenvalue weighted by Crippen LogP contribution is 2.85. The number of hydrogen-bond acceptors (Lipinski definition) is 0. The van der Waals surface area contributed by atoms with Crippen LogP contribution in [0.25, 0.3) is 0 Å². The molecule has 0 spiro atoms. The van der Waals surface area contributed by atoms with Crippen LogP contribution in [0.4, 0.5) is 0 Å². The van der Waals surface area contributed by atoms with E-state index in [1.165, 1.54) is 17.8 Å². The minimum atomic E-state index is 1.000. The molecule has 0 aromatic heterocycles. The monoisotopic (exact) mass is 222 g/mol. The molecule has 0 N–H and O–H groups in total. The molecule has 1 heteroatoms. The Kier molecular flexibility index (Phi) is 0.669. The Hall–Kier alpha value is 0.220. The highest BCUT2D eigenvalue weighted by molar-refractivity contribution is 9.11. The Balaban J connectivity index is 1.87. The average molecular weight is 223 g/mol. The lowest BCUT2D eigenvalue weighted by molar-refractivity contribution is -0.222. The zero-order valence-corrected chi connectivity index (χ0v) is 8.37. The molecule has 4 bridgehead atoms. The molecule has 12 heavy (non-hydrogen) atoms. The predicted octanol–water partition coefficient (Wildman–Crippen LogP) is 2.65. The fourth-order valence-corrected chi connectivity index (χ4v) is 6.75. The van der Waals surface area contributed by atoms with Crippen LogP contribution in [-0.2, 0) is 0 Å². The number of rotatable bonds is 0. The van der Waals surface area contributed by atoms with Crippen LogP contribution in [0.2, 0.25) is 0 Å². The SMILES string of the molecule is BrC1=CC2C3C4CC5C(C14)C2C53. The molecular weight excluding hydrogens is 212 g/mol. The molecule has 0 saturated heterocycles. The fourth-order valence-electron chi connectivity index (χ4n) is 5.80. The zero-order chi connectivity index (χ0) is 7.61. The zero-order valence-electron chi connectivity index (χ0n) is 6.78. The van der Waals surface area contributed by atoms with Gasteiger partial charge in [0.1, 0.15) is 0 Å².